The quantitative estimate of drug-likeness (QED) is 0.940. The van der Waals surface area contributed by atoms with E-state index in [1.165, 1.54) is 0 Å². The molecule has 0 bridgehead atoms. The van der Waals surface area contributed by atoms with Crippen LogP contribution in [0.4, 0.5) is 17.3 Å². The molecule has 5 nitrogen and oxygen atoms in total. The smallest absolute Gasteiger partial charge is 0.230 e. The third kappa shape index (κ3) is 3.78. The average Bonchev–Trinajstić information content (AvgIpc) is 2.47. The predicted octanol–water partition coefficient (Wildman–Crippen LogP) is 3.23. The standard InChI is InChI=1S/C16H20N4O/c1-16(2,3)15(21)17-13-10-11-14(19-18-13)20(4)12-8-6-5-7-9-12/h5-11H,1-4H3,(H,17,18,21). The number of nitrogens with one attached hydrogen (secondary N) is 1. The normalized spacial score (nSPS) is 11.0. The molecule has 0 spiro atoms. The third-order valence-corrected chi connectivity index (χ3v) is 3.06. The Morgan fingerprint density at radius 1 is 1.05 bits per heavy atom. The number of benzene rings is 1. The molecule has 0 saturated carbocycles. The van der Waals surface area contributed by atoms with E-state index in [1.54, 1.807) is 6.07 Å². The molecule has 0 unspecified atom stereocenters. The summed E-state index contributed by atoms with van der Waals surface area (Å²) in [6, 6.07) is 13.5. The lowest BCUT2D eigenvalue weighted by Gasteiger charge is -2.19. The molecule has 0 aliphatic heterocycles. The Bertz CT molecular complexity index is 602. The van der Waals surface area contributed by atoms with Crippen LogP contribution in [0, 0.1) is 5.41 Å². The van der Waals surface area contributed by atoms with Crippen LogP contribution in [0.25, 0.3) is 0 Å². The highest BCUT2D eigenvalue weighted by molar-refractivity contribution is 5.93. The second-order valence-electron chi connectivity index (χ2n) is 5.88. The molecule has 0 aliphatic carbocycles. The summed E-state index contributed by atoms with van der Waals surface area (Å²) in [5, 5.41) is 11.0. The minimum atomic E-state index is -0.457. The van der Waals surface area contributed by atoms with Gasteiger partial charge in [0.1, 0.15) is 0 Å². The van der Waals surface area contributed by atoms with Crippen molar-refractivity contribution in [1.82, 2.24) is 10.2 Å². The Morgan fingerprint density at radius 3 is 2.24 bits per heavy atom. The van der Waals surface area contributed by atoms with Crippen LogP contribution in [0.2, 0.25) is 0 Å². The van der Waals surface area contributed by atoms with Crippen molar-refractivity contribution in [2.45, 2.75) is 20.8 Å². The van der Waals surface area contributed by atoms with Gasteiger partial charge in [-0.25, -0.2) is 0 Å². The van der Waals surface area contributed by atoms with Crippen LogP contribution in [0.15, 0.2) is 42.5 Å². The average molecular weight is 284 g/mol. The number of para-hydroxylation sites is 1. The summed E-state index contributed by atoms with van der Waals surface area (Å²) < 4.78 is 0. The molecule has 0 radical (unpaired) electrons. The first kappa shape index (κ1) is 15.0. The van der Waals surface area contributed by atoms with Gasteiger partial charge in [-0.15, -0.1) is 10.2 Å². The highest BCUT2D eigenvalue weighted by Gasteiger charge is 2.21. The summed E-state index contributed by atoms with van der Waals surface area (Å²) in [6.45, 7) is 5.56. The topological polar surface area (TPSA) is 58.1 Å². The number of rotatable bonds is 3. The van der Waals surface area contributed by atoms with Gasteiger partial charge in [0.25, 0.3) is 0 Å². The van der Waals surface area contributed by atoms with Crippen LogP contribution in [0.1, 0.15) is 20.8 Å². The van der Waals surface area contributed by atoms with Crippen molar-refractivity contribution < 1.29 is 4.79 Å². The fourth-order valence-electron chi connectivity index (χ4n) is 1.66. The molecule has 0 fully saturated rings. The van der Waals surface area contributed by atoms with Crippen LogP contribution in [0.3, 0.4) is 0 Å². The van der Waals surface area contributed by atoms with Crippen LogP contribution in [0.5, 0.6) is 0 Å². The van der Waals surface area contributed by atoms with Crippen LogP contribution in [-0.2, 0) is 4.79 Å². The molecule has 2 rings (SSSR count). The van der Waals surface area contributed by atoms with Crippen molar-refractivity contribution in [3.8, 4) is 0 Å². The maximum absolute atomic E-state index is 11.9. The van der Waals surface area contributed by atoms with Crippen LogP contribution < -0.4 is 10.2 Å². The van der Waals surface area contributed by atoms with Crippen LogP contribution in [-0.4, -0.2) is 23.2 Å². The van der Waals surface area contributed by atoms with E-state index in [2.05, 4.69) is 15.5 Å². The molecule has 21 heavy (non-hydrogen) atoms. The second kappa shape index (κ2) is 5.91. The van der Waals surface area contributed by atoms with Gasteiger partial charge in [0, 0.05) is 18.2 Å². The van der Waals surface area contributed by atoms with E-state index in [1.807, 2.05) is 69.1 Å². The summed E-state index contributed by atoms with van der Waals surface area (Å²) in [5.41, 5.74) is 0.569. The van der Waals surface area contributed by atoms with Crippen molar-refractivity contribution in [3.05, 3.63) is 42.5 Å². The van der Waals surface area contributed by atoms with Gasteiger partial charge in [-0.2, -0.15) is 0 Å². The Hall–Kier alpha value is -2.43. The summed E-state index contributed by atoms with van der Waals surface area (Å²) in [6.07, 6.45) is 0. The molecule has 1 N–H and O–H groups in total. The third-order valence-electron chi connectivity index (χ3n) is 3.06. The molecule has 110 valence electrons. The van der Waals surface area contributed by atoms with Gasteiger partial charge in [-0.3, -0.25) is 4.79 Å². The van der Waals surface area contributed by atoms with E-state index in [9.17, 15) is 4.79 Å². The minimum Gasteiger partial charge on any atom is -0.328 e. The van der Waals surface area contributed by atoms with Crippen molar-refractivity contribution in [3.63, 3.8) is 0 Å². The number of hydrogen-bond acceptors (Lipinski definition) is 4. The Balaban J connectivity index is 2.11. The molecular weight excluding hydrogens is 264 g/mol. The largest absolute Gasteiger partial charge is 0.328 e. The zero-order valence-corrected chi connectivity index (χ0v) is 12.8. The van der Waals surface area contributed by atoms with Gasteiger partial charge in [0.05, 0.1) is 0 Å². The van der Waals surface area contributed by atoms with Gasteiger partial charge in [0.15, 0.2) is 11.6 Å². The number of anilines is 3. The van der Waals surface area contributed by atoms with E-state index in [0.29, 0.717) is 5.82 Å². The fourth-order valence-corrected chi connectivity index (χ4v) is 1.66. The number of carbonyl (C=O) groups is 1. The molecule has 5 heteroatoms. The molecular formula is C16H20N4O. The van der Waals surface area contributed by atoms with E-state index >= 15 is 0 Å². The first-order chi connectivity index (χ1) is 9.88. The van der Waals surface area contributed by atoms with Gasteiger partial charge in [-0.05, 0) is 24.3 Å². The van der Waals surface area contributed by atoms with Crippen molar-refractivity contribution in [1.29, 1.82) is 0 Å². The lowest BCUT2D eigenvalue weighted by Crippen LogP contribution is -2.28. The number of carbonyl (C=O) groups excluding carboxylic acids is 1. The molecule has 1 aromatic heterocycles. The number of nitrogens with zero attached hydrogens (tertiary/aromatic N) is 3. The first-order valence-electron chi connectivity index (χ1n) is 6.82. The van der Waals surface area contributed by atoms with Gasteiger partial charge < -0.3 is 10.2 Å². The van der Waals surface area contributed by atoms with E-state index in [4.69, 9.17) is 0 Å². The van der Waals surface area contributed by atoms with Crippen molar-refractivity contribution in [2.75, 3.05) is 17.3 Å². The molecule has 1 aromatic carbocycles. The van der Waals surface area contributed by atoms with Gasteiger partial charge in [-0.1, -0.05) is 39.0 Å². The summed E-state index contributed by atoms with van der Waals surface area (Å²) >= 11 is 0. The monoisotopic (exact) mass is 284 g/mol. The highest BCUT2D eigenvalue weighted by atomic mass is 16.2. The number of aromatic nitrogens is 2. The lowest BCUT2D eigenvalue weighted by atomic mass is 9.96. The maximum Gasteiger partial charge on any atom is 0.230 e. The predicted molar refractivity (Wildman–Crippen MR) is 84.6 cm³/mol. The molecule has 2 aromatic rings. The number of hydrogen-bond donors (Lipinski definition) is 1. The van der Waals surface area contributed by atoms with Crippen molar-refractivity contribution in [2.24, 2.45) is 5.41 Å². The highest BCUT2D eigenvalue weighted by Crippen LogP contribution is 2.21. The SMILES string of the molecule is CN(c1ccccc1)c1ccc(NC(=O)C(C)(C)C)nn1. The summed E-state index contributed by atoms with van der Waals surface area (Å²) in [5.74, 6) is 1.09. The van der Waals surface area contributed by atoms with E-state index in [-0.39, 0.29) is 5.91 Å². The minimum absolute atomic E-state index is 0.0824. The molecule has 1 heterocycles. The molecule has 0 aliphatic rings. The van der Waals surface area contributed by atoms with Gasteiger partial charge >= 0.3 is 0 Å². The fraction of sp³-hybridized carbons (Fsp3) is 0.312. The first-order valence-corrected chi connectivity index (χ1v) is 6.82. The van der Waals surface area contributed by atoms with Gasteiger partial charge in [0.2, 0.25) is 5.91 Å². The molecule has 0 atom stereocenters. The zero-order valence-electron chi connectivity index (χ0n) is 12.8. The van der Waals surface area contributed by atoms with E-state index < -0.39 is 5.41 Å². The zero-order chi connectivity index (χ0) is 15.5. The Kier molecular flexibility index (Phi) is 4.21. The Morgan fingerprint density at radius 2 is 1.71 bits per heavy atom. The second-order valence-corrected chi connectivity index (χ2v) is 5.88. The molecule has 0 saturated heterocycles. The summed E-state index contributed by atoms with van der Waals surface area (Å²) in [4.78, 5) is 13.8. The van der Waals surface area contributed by atoms with Crippen LogP contribution >= 0.6 is 0 Å². The Labute approximate surface area is 125 Å². The lowest BCUT2D eigenvalue weighted by molar-refractivity contribution is -0.123. The maximum atomic E-state index is 11.9. The van der Waals surface area contributed by atoms with E-state index in [0.717, 1.165) is 11.5 Å². The number of amides is 1. The van der Waals surface area contributed by atoms with Crippen molar-refractivity contribution >= 4 is 23.2 Å². The summed E-state index contributed by atoms with van der Waals surface area (Å²) in [7, 11) is 1.92. The molecule has 1 amide bonds.